The number of hydrogen-bond acceptors (Lipinski definition) is 3. The summed E-state index contributed by atoms with van der Waals surface area (Å²) in [5, 5.41) is 3.74. The lowest BCUT2D eigenvalue weighted by atomic mass is 10.1. The first kappa shape index (κ1) is 15.1. The van der Waals surface area contributed by atoms with Crippen molar-refractivity contribution in [1.29, 1.82) is 0 Å². The fourth-order valence-corrected chi connectivity index (χ4v) is 2.20. The van der Waals surface area contributed by atoms with Crippen LogP contribution < -0.4 is 5.32 Å². The molecule has 0 unspecified atom stereocenters. The number of aromatic amines is 1. The van der Waals surface area contributed by atoms with Crippen molar-refractivity contribution in [3.05, 3.63) is 36.0 Å². The number of likely N-dealkylation sites (N-methyl/N-ethyl adjacent to an activating group) is 1. The normalized spacial score (nSPS) is 12.1. The van der Waals surface area contributed by atoms with Crippen LogP contribution in [-0.2, 0) is 20.7 Å². The summed E-state index contributed by atoms with van der Waals surface area (Å²) in [6.07, 6.45) is 2.00. The number of aromatic nitrogens is 1. The van der Waals surface area contributed by atoms with Gasteiger partial charge in [0.2, 0.25) is 0 Å². The zero-order chi connectivity index (χ0) is 15.2. The molecule has 1 atom stereocenters. The Kier molecular flexibility index (Phi) is 4.98. The molecule has 1 aromatic heterocycles. The highest BCUT2D eigenvalue weighted by Crippen LogP contribution is 2.19. The van der Waals surface area contributed by atoms with Crippen molar-refractivity contribution >= 4 is 22.8 Å². The third kappa shape index (κ3) is 3.84. The number of aryl methyl sites for hydroxylation is 1. The van der Waals surface area contributed by atoms with Gasteiger partial charge in [0.15, 0.2) is 6.10 Å². The van der Waals surface area contributed by atoms with Crippen LogP contribution in [0.5, 0.6) is 0 Å². The zero-order valence-electron chi connectivity index (χ0n) is 12.3. The van der Waals surface area contributed by atoms with E-state index < -0.39 is 6.10 Å². The van der Waals surface area contributed by atoms with Crippen molar-refractivity contribution in [3.63, 3.8) is 0 Å². The van der Waals surface area contributed by atoms with Gasteiger partial charge in [-0.2, -0.15) is 0 Å². The smallest absolute Gasteiger partial charge is 0.306 e. The van der Waals surface area contributed by atoms with Gasteiger partial charge in [-0.05, 0) is 31.9 Å². The van der Waals surface area contributed by atoms with Crippen LogP contribution in [-0.4, -0.2) is 29.5 Å². The van der Waals surface area contributed by atoms with E-state index in [9.17, 15) is 9.59 Å². The Hall–Kier alpha value is -2.30. The average Bonchev–Trinajstić information content (AvgIpc) is 2.88. The molecule has 5 heteroatoms. The highest BCUT2D eigenvalue weighted by atomic mass is 16.5. The molecule has 0 aliphatic heterocycles. The summed E-state index contributed by atoms with van der Waals surface area (Å²) in [4.78, 5) is 26.4. The molecular weight excluding hydrogens is 268 g/mol. The molecule has 112 valence electrons. The number of amides is 1. The van der Waals surface area contributed by atoms with Crippen LogP contribution in [0.2, 0.25) is 0 Å². The van der Waals surface area contributed by atoms with Crippen molar-refractivity contribution in [2.45, 2.75) is 32.8 Å². The third-order valence-corrected chi connectivity index (χ3v) is 3.30. The van der Waals surface area contributed by atoms with E-state index in [1.807, 2.05) is 37.4 Å². The lowest BCUT2D eigenvalue weighted by Crippen LogP contribution is -2.35. The zero-order valence-corrected chi connectivity index (χ0v) is 12.3. The molecule has 1 amide bonds. The first-order valence-corrected chi connectivity index (χ1v) is 7.14. The van der Waals surface area contributed by atoms with Crippen LogP contribution in [0.25, 0.3) is 10.9 Å². The van der Waals surface area contributed by atoms with Crippen LogP contribution >= 0.6 is 0 Å². The van der Waals surface area contributed by atoms with Gasteiger partial charge in [0.25, 0.3) is 5.91 Å². The standard InChI is InChI=1S/C16H20N2O3/c1-3-17-16(20)11(2)21-15(19)9-8-12-10-18-14-7-5-4-6-13(12)14/h4-7,10-11,18H,3,8-9H2,1-2H3,(H,17,20)/t11-/m1/s1. The summed E-state index contributed by atoms with van der Waals surface area (Å²) < 4.78 is 5.11. The van der Waals surface area contributed by atoms with Crippen LogP contribution in [0, 0.1) is 0 Å². The summed E-state index contributed by atoms with van der Waals surface area (Å²) in [5.41, 5.74) is 2.13. The first-order valence-electron chi connectivity index (χ1n) is 7.14. The van der Waals surface area contributed by atoms with Crippen molar-refractivity contribution in [2.75, 3.05) is 6.54 Å². The maximum absolute atomic E-state index is 11.8. The van der Waals surface area contributed by atoms with Gasteiger partial charge in [0.1, 0.15) is 0 Å². The summed E-state index contributed by atoms with van der Waals surface area (Å²) in [6, 6.07) is 7.94. The fourth-order valence-electron chi connectivity index (χ4n) is 2.20. The lowest BCUT2D eigenvalue weighted by molar-refractivity contribution is -0.154. The number of para-hydroxylation sites is 1. The maximum atomic E-state index is 11.8. The van der Waals surface area contributed by atoms with E-state index in [-0.39, 0.29) is 18.3 Å². The Morgan fingerprint density at radius 3 is 2.86 bits per heavy atom. The number of fused-ring (bicyclic) bond motifs is 1. The Morgan fingerprint density at radius 1 is 1.33 bits per heavy atom. The first-order chi connectivity index (χ1) is 10.1. The van der Waals surface area contributed by atoms with E-state index in [4.69, 9.17) is 4.74 Å². The minimum absolute atomic E-state index is 0.256. The topological polar surface area (TPSA) is 71.2 Å². The molecule has 0 bridgehead atoms. The predicted octanol–water partition coefficient (Wildman–Crippen LogP) is 2.17. The summed E-state index contributed by atoms with van der Waals surface area (Å²) >= 11 is 0. The molecule has 21 heavy (non-hydrogen) atoms. The van der Waals surface area contributed by atoms with Crippen molar-refractivity contribution in [2.24, 2.45) is 0 Å². The number of hydrogen-bond donors (Lipinski definition) is 2. The SMILES string of the molecule is CCNC(=O)[C@@H](C)OC(=O)CCc1c[nH]c2ccccc12. The van der Waals surface area contributed by atoms with E-state index in [2.05, 4.69) is 10.3 Å². The molecule has 1 aromatic carbocycles. The minimum atomic E-state index is -0.750. The number of benzene rings is 1. The van der Waals surface area contributed by atoms with Crippen LogP contribution in [0.1, 0.15) is 25.8 Å². The monoisotopic (exact) mass is 288 g/mol. The van der Waals surface area contributed by atoms with Crippen molar-refractivity contribution in [3.8, 4) is 0 Å². The quantitative estimate of drug-likeness (QED) is 0.800. The maximum Gasteiger partial charge on any atom is 0.306 e. The van der Waals surface area contributed by atoms with Crippen LogP contribution in [0.4, 0.5) is 0 Å². The Bertz CT molecular complexity index is 633. The molecule has 2 rings (SSSR count). The second-order valence-corrected chi connectivity index (χ2v) is 4.89. The molecule has 2 aromatic rings. The van der Waals surface area contributed by atoms with Gasteiger partial charge in [-0.15, -0.1) is 0 Å². The number of ether oxygens (including phenoxy) is 1. The number of H-pyrrole nitrogens is 1. The van der Waals surface area contributed by atoms with Gasteiger partial charge in [0, 0.05) is 30.1 Å². The second kappa shape index (κ2) is 6.92. The highest BCUT2D eigenvalue weighted by molar-refractivity contribution is 5.85. The van der Waals surface area contributed by atoms with Crippen molar-refractivity contribution in [1.82, 2.24) is 10.3 Å². The Balaban J connectivity index is 1.88. The second-order valence-electron chi connectivity index (χ2n) is 4.89. The van der Waals surface area contributed by atoms with E-state index in [1.54, 1.807) is 6.92 Å². The van der Waals surface area contributed by atoms with Gasteiger partial charge in [0.05, 0.1) is 0 Å². The van der Waals surface area contributed by atoms with Gasteiger partial charge >= 0.3 is 5.97 Å². The van der Waals surface area contributed by atoms with Gasteiger partial charge < -0.3 is 15.0 Å². The van der Waals surface area contributed by atoms with E-state index in [0.29, 0.717) is 13.0 Å². The average molecular weight is 288 g/mol. The molecule has 0 aliphatic carbocycles. The number of rotatable bonds is 6. The largest absolute Gasteiger partial charge is 0.453 e. The van der Waals surface area contributed by atoms with Crippen LogP contribution in [0.3, 0.4) is 0 Å². The molecule has 0 radical (unpaired) electrons. The van der Waals surface area contributed by atoms with Gasteiger partial charge in [-0.1, -0.05) is 18.2 Å². The fraction of sp³-hybridized carbons (Fsp3) is 0.375. The molecule has 1 heterocycles. The van der Waals surface area contributed by atoms with E-state index in [0.717, 1.165) is 16.5 Å². The molecule has 5 nitrogen and oxygen atoms in total. The Morgan fingerprint density at radius 2 is 2.10 bits per heavy atom. The molecule has 0 saturated carbocycles. The van der Waals surface area contributed by atoms with Gasteiger partial charge in [-0.3, -0.25) is 9.59 Å². The summed E-state index contributed by atoms with van der Waals surface area (Å²) in [6.45, 7) is 3.92. The number of esters is 1. The van der Waals surface area contributed by atoms with Gasteiger partial charge in [-0.25, -0.2) is 0 Å². The number of carbonyl (C=O) groups is 2. The van der Waals surface area contributed by atoms with Crippen LogP contribution in [0.15, 0.2) is 30.5 Å². The van der Waals surface area contributed by atoms with Crippen molar-refractivity contribution < 1.29 is 14.3 Å². The molecule has 0 saturated heterocycles. The molecule has 0 spiro atoms. The van der Waals surface area contributed by atoms with E-state index in [1.165, 1.54) is 0 Å². The molecule has 0 fully saturated rings. The third-order valence-electron chi connectivity index (χ3n) is 3.30. The highest BCUT2D eigenvalue weighted by Gasteiger charge is 2.17. The molecule has 2 N–H and O–H groups in total. The van der Waals surface area contributed by atoms with E-state index >= 15 is 0 Å². The summed E-state index contributed by atoms with van der Waals surface area (Å²) in [5.74, 6) is -0.628. The number of carbonyl (C=O) groups excluding carboxylic acids is 2. The summed E-state index contributed by atoms with van der Waals surface area (Å²) in [7, 11) is 0. The lowest BCUT2D eigenvalue weighted by Gasteiger charge is -2.12. The predicted molar refractivity (Wildman–Crippen MR) is 80.9 cm³/mol. The number of nitrogens with one attached hydrogen (secondary N) is 2. The minimum Gasteiger partial charge on any atom is -0.453 e. The Labute approximate surface area is 123 Å². The molecular formula is C16H20N2O3. The molecule has 0 aliphatic rings.